The van der Waals surface area contributed by atoms with Crippen molar-refractivity contribution in [3.8, 4) is 5.69 Å². The van der Waals surface area contributed by atoms with Crippen LogP contribution in [0.1, 0.15) is 28.8 Å². The molecule has 2 atom stereocenters. The molecule has 0 saturated carbocycles. The Labute approximate surface area is 196 Å². The van der Waals surface area contributed by atoms with Crippen molar-refractivity contribution in [2.75, 3.05) is 24.5 Å². The molecule has 0 radical (unpaired) electrons. The molecule has 3 saturated heterocycles. The van der Waals surface area contributed by atoms with E-state index in [1.807, 2.05) is 30.0 Å². The molecule has 0 unspecified atom stereocenters. The van der Waals surface area contributed by atoms with Crippen LogP contribution in [0.25, 0.3) is 16.6 Å². The summed E-state index contributed by atoms with van der Waals surface area (Å²) in [7, 11) is 0. The number of rotatable bonds is 3. The number of aryl methyl sites for hydroxylation is 1. The van der Waals surface area contributed by atoms with Crippen molar-refractivity contribution in [1.82, 2.24) is 29.9 Å². The van der Waals surface area contributed by atoms with E-state index in [4.69, 9.17) is 4.98 Å². The molecule has 0 N–H and O–H groups in total. The van der Waals surface area contributed by atoms with Gasteiger partial charge in [0.1, 0.15) is 5.82 Å². The topological polar surface area (TPSA) is 80.0 Å². The SMILES string of the molecule is Cc1ccc(-n2nccn2)c(C(=O)N2C[C@H]3CC[C@@H]2CN(c2ncc4cc(F)ccc4n2)C3)c1. The lowest BCUT2D eigenvalue weighted by molar-refractivity contribution is 0.0591. The van der Waals surface area contributed by atoms with Crippen LogP contribution in [0.3, 0.4) is 0 Å². The maximum atomic E-state index is 13.8. The Morgan fingerprint density at radius 3 is 2.74 bits per heavy atom. The number of benzene rings is 2. The average Bonchev–Trinajstić information content (AvgIpc) is 3.22. The summed E-state index contributed by atoms with van der Waals surface area (Å²) in [4.78, 5) is 28.7. The number of carbonyl (C=O) groups is 1. The minimum Gasteiger partial charge on any atom is -0.338 e. The first-order chi connectivity index (χ1) is 16.5. The van der Waals surface area contributed by atoms with Gasteiger partial charge in [-0.2, -0.15) is 15.0 Å². The largest absolute Gasteiger partial charge is 0.338 e. The van der Waals surface area contributed by atoms with E-state index in [1.165, 1.54) is 16.9 Å². The van der Waals surface area contributed by atoms with E-state index in [-0.39, 0.29) is 17.8 Å². The van der Waals surface area contributed by atoms with Gasteiger partial charge in [-0.15, -0.1) is 0 Å². The van der Waals surface area contributed by atoms with Gasteiger partial charge in [0.2, 0.25) is 5.95 Å². The highest BCUT2D eigenvalue weighted by molar-refractivity contribution is 5.98. The molecule has 8 nitrogen and oxygen atoms in total. The Bertz CT molecular complexity index is 1370. The molecule has 0 spiro atoms. The van der Waals surface area contributed by atoms with Gasteiger partial charge in [0.15, 0.2) is 0 Å². The van der Waals surface area contributed by atoms with Crippen LogP contribution in [-0.2, 0) is 0 Å². The quantitative estimate of drug-likeness (QED) is 0.469. The summed E-state index contributed by atoms with van der Waals surface area (Å²) in [5, 5.41) is 9.16. The minimum absolute atomic E-state index is 0.00227. The van der Waals surface area contributed by atoms with Gasteiger partial charge in [0.05, 0.1) is 29.2 Å². The normalized spacial score (nSPS) is 20.1. The molecule has 4 aromatic rings. The predicted molar refractivity (Wildman–Crippen MR) is 125 cm³/mol. The van der Waals surface area contributed by atoms with Crippen molar-refractivity contribution in [2.24, 2.45) is 5.92 Å². The fourth-order valence-corrected chi connectivity index (χ4v) is 5.13. The Morgan fingerprint density at radius 2 is 1.88 bits per heavy atom. The Balaban J connectivity index is 1.31. The molecule has 3 fully saturated rings. The van der Waals surface area contributed by atoms with Crippen molar-refractivity contribution in [2.45, 2.75) is 25.8 Å². The van der Waals surface area contributed by atoms with E-state index in [0.29, 0.717) is 47.1 Å². The van der Waals surface area contributed by atoms with Gasteiger partial charge in [-0.05, 0) is 56.0 Å². The molecule has 172 valence electrons. The number of hydrogen-bond donors (Lipinski definition) is 0. The third-order valence-corrected chi connectivity index (χ3v) is 6.80. The summed E-state index contributed by atoms with van der Waals surface area (Å²) in [6.07, 6.45) is 6.89. The summed E-state index contributed by atoms with van der Waals surface area (Å²) in [5.41, 5.74) is 3.02. The van der Waals surface area contributed by atoms with Crippen LogP contribution in [0.15, 0.2) is 55.0 Å². The zero-order valence-electron chi connectivity index (χ0n) is 18.8. The van der Waals surface area contributed by atoms with Crippen LogP contribution in [-0.4, -0.2) is 61.4 Å². The monoisotopic (exact) mass is 457 g/mol. The van der Waals surface area contributed by atoms with E-state index in [0.717, 1.165) is 24.9 Å². The van der Waals surface area contributed by atoms with Gasteiger partial charge < -0.3 is 9.80 Å². The highest BCUT2D eigenvalue weighted by atomic mass is 19.1. The fourth-order valence-electron chi connectivity index (χ4n) is 5.13. The molecule has 2 bridgehead atoms. The van der Waals surface area contributed by atoms with Crippen LogP contribution in [0, 0.1) is 18.7 Å². The number of anilines is 1. The molecule has 9 heteroatoms. The van der Waals surface area contributed by atoms with Gasteiger partial charge in [0.25, 0.3) is 5.91 Å². The first-order valence-electron chi connectivity index (χ1n) is 11.5. The molecule has 2 aromatic heterocycles. The first-order valence-corrected chi connectivity index (χ1v) is 11.5. The summed E-state index contributed by atoms with van der Waals surface area (Å²) < 4.78 is 13.5. The third kappa shape index (κ3) is 3.67. The highest BCUT2D eigenvalue weighted by Crippen LogP contribution is 2.32. The number of fused-ring (bicyclic) bond motifs is 5. The van der Waals surface area contributed by atoms with Crippen LogP contribution in [0.4, 0.5) is 10.3 Å². The van der Waals surface area contributed by atoms with Gasteiger partial charge in [0, 0.05) is 37.3 Å². The maximum absolute atomic E-state index is 13.8. The van der Waals surface area contributed by atoms with Crippen LogP contribution >= 0.6 is 0 Å². The Morgan fingerprint density at radius 1 is 1.03 bits per heavy atom. The second-order valence-electron chi connectivity index (χ2n) is 9.17. The highest BCUT2D eigenvalue weighted by Gasteiger charge is 2.39. The van der Waals surface area contributed by atoms with Crippen molar-refractivity contribution < 1.29 is 9.18 Å². The van der Waals surface area contributed by atoms with E-state index >= 15 is 0 Å². The van der Waals surface area contributed by atoms with Crippen LogP contribution < -0.4 is 4.90 Å². The standard InChI is InChI=1S/C25H24FN7O/c1-16-2-7-23(33-28-8-9-29-33)21(10-16)24(34)32-14-17-3-5-20(32)15-31(13-17)25-27-12-18-11-19(26)4-6-22(18)30-25/h2,4,6-12,17,20H,3,5,13-15H2,1H3/t17-,20+/m0/s1. The molecule has 3 aliphatic rings. The molecule has 2 aromatic carbocycles. The number of piperidine rings is 1. The molecule has 3 aliphatic heterocycles. The second-order valence-corrected chi connectivity index (χ2v) is 9.17. The van der Waals surface area contributed by atoms with Gasteiger partial charge in [-0.25, -0.2) is 14.4 Å². The van der Waals surface area contributed by atoms with E-state index in [2.05, 4.69) is 20.1 Å². The number of nitrogens with zero attached hydrogens (tertiary/aromatic N) is 7. The zero-order valence-corrected chi connectivity index (χ0v) is 18.8. The Hall–Kier alpha value is -3.88. The van der Waals surface area contributed by atoms with Crippen LogP contribution in [0.5, 0.6) is 0 Å². The summed E-state index contributed by atoms with van der Waals surface area (Å²) in [6.45, 7) is 4.12. The minimum atomic E-state index is -0.299. The number of hydrogen-bond acceptors (Lipinski definition) is 6. The molecule has 0 aliphatic carbocycles. The average molecular weight is 458 g/mol. The van der Waals surface area contributed by atoms with E-state index in [1.54, 1.807) is 24.7 Å². The molecular weight excluding hydrogens is 433 g/mol. The Kier molecular flexibility index (Phi) is 4.97. The lowest BCUT2D eigenvalue weighted by Gasteiger charge is -2.36. The van der Waals surface area contributed by atoms with Crippen LogP contribution in [0.2, 0.25) is 0 Å². The molecule has 7 rings (SSSR count). The van der Waals surface area contributed by atoms with Gasteiger partial charge in [-0.1, -0.05) is 11.6 Å². The van der Waals surface area contributed by atoms with E-state index < -0.39 is 0 Å². The number of halogens is 1. The number of carbonyl (C=O) groups excluding carboxylic acids is 1. The number of aromatic nitrogens is 5. The maximum Gasteiger partial charge on any atom is 0.256 e. The third-order valence-electron chi connectivity index (χ3n) is 6.80. The first kappa shape index (κ1) is 20.7. The van der Waals surface area contributed by atoms with Gasteiger partial charge >= 0.3 is 0 Å². The van der Waals surface area contributed by atoms with Crippen molar-refractivity contribution >= 4 is 22.8 Å². The number of amides is 1. The molecule has 1 amide bonds. The van der Waals surface area contributed by atoms with E-state index in [9.17, 15) is 9.18 Å². The molecule has 5 heterocycles. The van der Waals surface area contributed by atoms with Crippen molar-refractivity contribution in [3.63, 3.8) is 0 Å². The lowest BCUT2D eigenvalue weighted by atomic mass is 9.94. The van der Waals surface area contributed by atoms with Gasteiger partial charge in [-0.3, -0.25) is 4.79 Å². The smallest absolute Gasteiger partial charge is 0.256 e. The molecule has 34 heavy (non-hydrogen) atoms. The molecular formula is C25H24FN7O. The second kappa shape index (κ2) is 8.16. The van der Waals surface area contributed by atoms with Crippen molar-refractivity contribution in [1.29, 1.82) is 0 Å². The summed E-state index contributed by atoms with van der Waals surface area (Å²) in [5.74, 6) is 0.655. The predicted octanol–water partition coefficient (Wildman–Crippen LogP) is 3.40. The lowest BCUT2D eigenvalue weighted by Crippen LogP contribution is -2.47. The fraction of sp³-hybridized carbons (Fsp3) is 0.320. The summed E-state index contributed by atoms with van der Waals surface area (Å²) >= 11 is 0. The summed E-state index contributed by atoms with van der Waals surface area (Å²) in [6, 6.07) is 10.4. The van der Waals surface area contributed by atoms with Crippen molar-refractivity contribution in [3.05, 3.63) is 71.9 Å². The zero-order chi connectivity index (χ0) is 23.2.